The maximum atomic E-state index is 12.8. The molecule has 138 valence electrons. The first kappa shape index (κ1) is 18.2. The molecule has 0 N–H and O–H groups in total. The second-order valence-electron chi connectivity index (χ2n) is 7.13. The van der Waals surface area contributed by atoms with Crippen molar-refractivity contribution in [1.29, 1.82) is 0 Å². The molecule has 2 aromatic rings. The third-order valence-electron chi connectivity index (χ3n) is 4.92. The molecule has 0 spiro atoms. The second-order valence-corrected chi connectivity index (χ2v) is 7.13. The van der Waals surface area contributed by atoms with Gasteiger partial charge in [0.1, 0.15) is 11.9 Å². The Morgan fingerprint density at radius 3 is 2.42 bits per heavy atom. The Bertz CT molecular complexity index is 807. The zero-order valence-electron chi connectivity index (χ0n) is 15.9. The molecule has 0 bridgehead atoms. The quantitative estimate of drug-likeness (QED) is 0.846. The fraction of sp³-hybridized carbons (Fsp3) is 0.450. The number of nitrogens with zero attached hydrogens (tertiary/aromatic N) is 4. The van der Waals surface area contributed by atoms with Gasteiger partial charge < -0.3 is 14.4 Å². The van der Waals surface area contributed by atoms with Crippen LogP contribution in [0, 0.1) is 20.8 Å². The van der Waals surface area contributed by atoms with E-state index in [-0.39, 0.29) is 24.4 Å². The van der Waals surface area contributed by atoms with Crippen LogP contribution >= 0.6 is 0 Å². The highest BCUT2D eigenvalue weighted by atomic mass is 16.2. The van der Waals surface area contributed by atoms with Crippen molar-refractivity contribution < 1.29 is 9.59 Å². The van der Waals surface area contributed by atoms with Crippen LogP contribution in [0.1, 0.15) is 35.5 Å². The van der Waals surface area contributed by atoms with Crippen LogP contribution < -0.4 is 0 Å². The van der Waals surface area contributed by atoms with E-state index in [2.05, 4.69) is 37.0 Å². The van der Waals surface area contributed by atoms with Gasteiger partial charge in [0.25, 0.3) is 0 Å². The lowest BCUT2D eigenvalue weighted by Gasteiger charge is -2.36. The molecule has 2 heterocycles. The number of imidazole rings is 1. The maximum Gasteiger partial charge on any atom is 0.245 e. The Morgan fingerprint density at radius 1 is 1.15 bits per heavy atom. The molecule has 0 aliphatic carbocycles. The van der Waals surface area contributed by atoms with Crippen LogP contribution in [0.25, 0.3) is 0 Å². The van der Waals surface area contributed by atoms with Crippen LogP contribution in [-0.2, 0) is 16.1 Å². The van der Waals surface area contributed by atoms with Gasteiger partial charge in [0.2, 0.25) is 11.8 Å². The third-order valence-corrected chi connectivity index (χ3v) is 4.92. The number of aryl methyl sites for hydroxylation is 3. The Kier molecular flexibility index (Phi) is 5.11. The lowest BCUT2D eigenvalue weighted by molar-refractivity contribution is -0.147. The predicted molar refractivity (Wildman–Crippen MR) is 99.6 cm³/mol. The summed E-state index contributed by atoms with van der Waals surface area (Å²) >= 11 is 0. The maximum absolute atomic E-state index is 12.8. The molecule has 1 aromatic carbocycles. The van der Waals surface area contributed by atoms with Gasteiger partial charge in [-0.25, -0.2) is 4.98 Å². The number of carbonyl (C=O) groups is 2. The molecule has 0 saturated carbocycles. The van der Waals surface area contributed by atoms with Gasteiger partial charge in [-0.2, -0.15) is 0 Å². The van der Waals surface area contributed by atoms with E-state index in [1.807, 2.05) is 23.3 Å². The van der Waals surface area contributed by atoms with Crippen LogP contribution in [0.4, 0.5) is 0 Å². The molecular formula is C20H26N4O2. The topological polar surface area (TPSA) is 58.4 Å². The van der Waals surface area contributed by atoms with Crippen LogP contribution in [0.3, 0.4) is 0 Å². The van der Waals surface area contributed by atoms with Crippen molar-refractivity contribution in [1.82, 2.24) is 19.4 Å². The van der Waals surface area contributed by atoms with Gasteiger partial charge in [0.15, 0.2) is 0 Å². The van der Waals surface area contributed by atoms with E-state index in [4.69, 9.17) is 0 Å². The molecule has 0 unspecified atom stereocenters. The van der Waals surface area contributed by atoms with Crippen LogP contribution in [0.2, 0.25) is 0 Å². The first-order chi connectivity index (χ1) is 12.3. The number of aromatic nitrogens is 2. The highest BCUT2D eigenvalue weighted by Crippen LogP contribution is 2.17. The molecule has 0 radical (unpaired) electrons. The Labute approximate surface area is 154 Å². The average Bonchev–Trinajstić information content (AvgIpc) is 3.00. The van der Waals surface area contributed by atoms with Gasteiger partial charge in [-0.15, -0.1) is 0 Å². The van der Waals surface area contributed by atoms with Crippen molar-refractivity contribution in [3.63, 3.8) is 0 Å². The van der Waals surface area contributed by atoms with Crippen LogP contribution in [-0.4, -0.2) is 50.8 Å². The monoisotopic (exact) mass is 354 g/mol. The van der Waals surface area contributed by atoms with Crippen LogP contribution in [0.5, 0.6) is 0 Å². The van der Waals surface area contributed by atoms with Gasteiger partial charge in [-0.05, 0) is 33.3 Å². The summed E-state index contributed by atoms with van der Waals surface area (Å²) in [6.45, 7) is 9.71. The van der Waals surface area contributed by atoms with E-state index >= 15 is 0 Å². The van der Waals surface area contributed by atoms with Crippen molar-refractivity contribution in [2.45, 2.75) is 40.3 Å². The molecule has 6 nitrogen and oxygen atoms in total. The highest BCUT2D eigenvalue weighted by molar-refractivity contribution is 5.87. The number of piperazine rings is 1. The standard InChI is InChI=1S/C20H26N4O2/c1-14-9-15(2)11-18(10-14)12-22-7-8-23(13-19(22)25)20(26)16(3)24-6-5-21-17(24)4/h5-6,9-11,16H,7-8,12-13H2,1-4H3/t16-/m1/s1. The molecule has 1 atom stereocenters. The molecule has 26 heavy (non-hydrogen) atoms. The van der Waals surface area contributed by atoms with E-state index in [0.29, 0.717) is 19.6 Å². The Hall–Kier alpha value is -2.63. The molecule has 1 saturated heterocycles. The number of hydrogen-bond donors (Lipinski definition) is 0. The van der Waals surface area contributed by atoms with Gasteiger partial charge >= 0.3 is 0 Å². The molecule has 2 amide bonds. The molecule has 1 aliphatic rings. The Morgan fingerprint density at radius 2 is 1.85 bits per heavy atom. The minimum absolute atomic E-state index is 0.00156. The number of carbonyl (C=O) groups excluding carboxylic acids is 2. The van der Waals surface area contributed by atoms with Gasteiger partial charge in [-0.1, -0.05) is 29.3 Å². The van der Waals surface area contributed by atoms with Gasteiger partial charge in [-0.3, -0.25) is 9.59 Å². The summed E-state index contributed by atoms with van der Waals surface area (Å²) in [7, 11) is 0. The number of hydrogen-bond acceptors (Lipinski definition) is 3. The number of benzene rings is 1. The molecule has 3 rings (SSSR count). The van der Waals surface area contributed by atoms with Crippen molar-refractivity contribution in [2.24, 2.45) is 0 Å². The molecular weight excluding hydrogens is 328 g/mol. The summed E-state index contributed by atoms with van der Waals surface area (Å²) in [5.41, 5.74) is 3.54. The number of rotatable bonds is 4. The first-order valence-electron chi connectivity index (χ1n) is 8.98. The molecule has 1 aliphatic heterocycles. The highest BCUT2D eigenvalue weighted by Gasteiger charge is 2.30. The fourth-order valence-corrected chi connectivity index (χ4v) is 3.62. The fourth-order valence-electron chi connectivity index (χ4n) is 3.62. The smallest absolute Gasteiger partial charge is 0.245 e. The summed E-state index contributed by atoms with van der Waals surface area (Å²) in [5, 5.41) is 0. The molecule has 1 fully saturated rings. The lowest BCUT2D eigenvalue weighted by Crippen LogP contribution is -2.53. The van der Waals surface area contributed by atoms with E-state index in [1.165, 1.54) is 11.1 Å². The predicted octanol–water partition coefficient (Wildman–Crippen LogP) is 2.24. The average molecular weight is 354 g/mol. The lowest BCUT2D eigenvalue weighted by atomic mass is 10.1. The largest absolute Gasteiger partial charge is 0.335 e. The van der Waals surface area contributed by atoms with Crippen molar-refractivity contribution in [3.8, 4) is 0 Å². The normalized spacial score (nSPS) is 16.1. The second kappa shape index (κ2) is 7.32. The van der Waals surface area contributed by atoms with Gasteiger partial charge in [0, 0.05) is 32.0 Å². The minimum atomic E-state index is -0.351. The minimum Gasteiger partial charge on any atom is -0.335 e. The van der Waals surface area contributed by atoms with Crippen molar-refractivity contribution in [2.75, 3.05) is 19.6 Å². The third kappa shape index (κ3) is 3.79. The summed E-state index contributed by atoms with van der Waals surface area (Å²) in [4.78, 5) is 33.0. The zero-order chi connectivity index (χ0) is 18.8. The zero-order valence-corrected chi connectivity index (χ0v) is 15.9. The summed E-state index contributed by atoms with van der Waals surface area (Å²) in [6.07, 6.45) is 3.49. The van der Waals surface area contributed by atoms with Crippen molar-refractivity contribution in [3.05, 3.63) is 53.1 Å². The van der Waals surface area contributed by atoms with E-state index in [0.717, 1.165) is 11.4 Å². The van der Waals surface area contributed by atoms with Crippen molar-refractivity contribution >= 4 is 11.8 Å². The summed E-state index contributed by atoms with van der Waals surface area (Å²) in [6, 6.07) is 6.00. The van der Waals surface area contributed by atoms with E-state index in [9.17, 15) is 9.59 Å². The molecule has 1 aromatic heterocycles. The SMILES string of the molecule is Cc1cc(C)cc(CN2CCN(C(=O)[C@@H](C)n3ccnc3C)CC2=O)c1. The summed E-state index contributed by atoms with van der Waals surface area (Å²) in [5.74, 6) is 0.759. The van der Waals surface area contributed by atoms with Gasteiger partial charge in [0.05, 0.1) is 6.54 Å². The number of amides is 2. The van der Waals surface area contributed by atoms with E-state index in [1.54, 1.807) is 17.3 Å². The van der Waals surface area contributed by atoms with Crippen LogP contribution in [0.15, 0.2) is 30.6 Å². The summed E-state index contributed by atoms with van der Waals surface area (Å²) < 4.78 is 1.84. The van der Waals surface area contributed by atoms with E-state index < -0.39 is 0 Å². The molecule has 6 heteroatoms. The Balaban J connectivity index is 1.64. The first-order valence-corrected chi connectivity index (χ1v) is 8.98.